The third-order valence-electron chi connectivity index (χ3n) is 2.36. The van der Waals surface area contributed by atoms with Crippen LogP contribution < -0.4 is 0 Å². The minimum Gasteiger partial charge on any atom is -0.462 e. The molecule has 0 fully saturated rings. The first-order valence-electron chi connectivity index (χ1n) is 7.09. The molecule has 0 saturated carbocycles. The lowest BCUT2D eigenvalue weighted by molar-refractivity contribution is -0.138. The van der Waals surface area contributed by atoms with E-state index in [0.717, 1.165) is 0 Å². The monoisotopic (exact) mass is 280 g/mol. The molecular weight excluding hydrogens is 248 g/mol. The van der Waals surface area contributed by atoms with Crippen LogP contribution in [-0.2, 0) is 9.53 Å². The summed E-state index contributed by atoms with van der Waals surface area (Å²) >= 11 is 0. The summed E-state index contributed by atoms with van der Waals surface area (Å²) in [6.45, 7) is 10.5. The van der Waals surface area contributed by atoms with E-state index >= 15 is 0 Å². The Hall–Kier alpha value is -0.240. The third kappa shape index (κ3) is 29.7. The van der Waals surface area contributed by atoms with Gasteiger partial charge in [0.15, 0.2) is 0 Å². The van der Waals surface area contributed by atoms with E-state index in [4.69, 9.17) is 0 Å². The van der Waals surface area contributed by atoms with Gasteiger partial charge in [-0.3, -0.25) is 4.79 Å². The Bertz CT molecular complexity index is 145. The first kappa shape index (κ1) is 22.9. The predicted molar refractivity (Wildman–Crippen MR) is 82.4 cm³/mol. The Balaban J connectivity index is -0.000000251. The van der Waals surface area contributed by atoms with Crippen LogP contribution in [0.15, 0.2) is 0 Å². The van der Waals surface area contributed by atoms with Crippen molar-refractivity contribution < 1.29 is 9.53 Å². The largest absolute Gasteiger partial charge is 0.462 e. The first-order chi connectivity index (χ1) is 7.97. The minimum atomic E-state index is -0.318. The molecule has 0 bridgehead atoms. The Morgan fingerprint density at radius 1 is 0.833 bits per heavy atom. The van der Waals surface area contributed by atoms with Crippen molar-refractivity contribution in [3.05, 3.63) is 0 Å². The lowest BCUT2D eigenvalue weighted by Crippen LogP contribution is -2.17. The maximum atomic E-state index is 9.60. The zero-order valence-corrected chi connectivity index (χ0v) is 13.8. The lowest BCUT2D eigenvalue weighted by atomic mass is 10.1. The van der Waals surface area contributed by atoms with Crippen LogP contribution in [0.3, 0.4) is 0 Å². The maximum Gasteiger partial charge on any atom is 0.293 e. The summed E-state index contributed by atoms with van der Waals surface area (Å²) in [4.78, 5) is 9.60. The van der Waals surface area contributed by atoms with Crippen LogP contribution in [0.5, 0.6) is 0 Å². The number of hydrogen-bond donors (Lipinski definition) is 0. The number of carbonyl (C=O) groups excluding carboxylic acids is 1. The van der Waals surface area contributed by atoms with Gasteiger partial charge in [0.25, 0.3) is 6.47 Å². The summed E-state index contributed by atoms with van der Waals surface area (Å²) < 4.78 is 4.55. The number of rotatable bonds is 8. The molecule has 0 aliphatic rings. The molecule has 0 aliphatic carbocycles. The molecule has 0 N–H and O–H groups in total. The minimum absolute atomic E-state index is 0. The fraction of sp³-hybridized carbons (Fsp3) is 0.933. The summed E-state index contributed by atoms with van der Waals surface area (Å²) in [7, 11) is 0. The van der Waals surface area contributed by atoms with Crippen LogP contribution in [0, 0.1) is 0 Å². The van der Waals surface area contributed by atoms with E-state index in [2.05, 4.69) is 18.6 Å². The van der Waals surface area contributed by atoms with Gasteiger partial charge >= 0.3 is 0 Å². The van der Waals surface area contributed by atoms with Crippen LogP contribution in [0.25, 0.3) is 0 Å². The molecule has 0 amide bonds. The van der Waals surface area contributed by atoms with Crippen molar-refractivity contribution in [1.82, 2.24) is 0 Å². The SMILES string of the molecule is CC(C)(C)OC=O.CCCCCCCCCC.Cl. The highest BCUT2D eigenvalue weighted by molar-refractivity contribution is 5.85. The third-order valence-corrected chi connectivity index (χ3v) is 2.36. The molecule has 3 heteroatoms. The zero-order chi connectivity index (χ0) is 13.6. The van der Waals surface area contributed by atoms with E-state index in [1.807, 2.05) is 20.8 Å². The standard InChI is InChI=1S/C10H22.C5H10O2.ClH/c1-3-5-7-9-10-8-6-4-2;1-5(2,3)7-4-6;/h3-10H2,1-2H3;4H,1-3H3;1H. The van der Waals surface area contributed by atoms with Gasteiger partial charge in [0.1, 0.15) is 5.60 Å². The molecule has 112 valence electrons. The van der Waals surface area contributed by atoms with Crippen LogP contribution >= 0.6 is 12.4 Å². The van der Waals surface area contributed by atoms with Crippen molar-refractivity contribution in [3.63, 3.8) is 0 Å². The molecule has 0 aromatic rings. The lowest BCUT2D eigenvalue weighted by Gasteiger charge is -2.14. The highest BCUT2D eigenvalue weighted by atomic mass is 35.5. The van der Waals surface area contributed by atoms with Gasteiger partial charge < -0.3 is 4.74 Å². The predicted octanol–water partition coefficient (Wildman–Crippen LogP) is 5.53. The number of halogens is 1. The van der Waals surface area contributed by atoms with Crippen molar-refractivity contribution in [1.29, 1.82) is 0 Å². The van der Waals surface area contributed by atoms with Crippen LogP contribution in [0.1, 0.15) is 86.0 Å². The van der Waals surface area contributed by atoms with Gasteiger partial charge in [-0.2, -0.15) is 0 Å². The number of unbranched alkanes of at least 4 members (excludes halogenated alkanes) is 7. The smallest absolute Gasteiger partial charge is 0.293 e. The van der Waals surface area contributed by atoms with Crippen molar-refractivity contribution >= 4 is 18.9 Å². The van der Waals surface area contributed by atoms with Gasteiger partial charge in [0.05, 0.1) is 0 Å². The molecule has 0 aromatic carbocycles. The van der Waals surface area contributed by atoms with Gasteiger partial charge in [0, 0.05) is 0 Å². The van der Waals surface area contributed by atoms with Gasteiger partial charge in [-0.05, 0) is 20.8 Å². The first-order valence-corrected chi connectivity index (χ1v) is 7.09. The second-order valence-corrected chi connectivity index (χ2v) is 5.45. The molecule has 0 spiro atoms. The van der Waals surface area contributed by atoms with Gasteiger partial charge in [-0.15, -0.1) is 12.4 Å². The summed E-state index contributed by atoms with van der Waals surface area (Å²) in [5.74, 6) is 0. The molecule has 0 unspecified atom stereocenters. The second-order valence-electron chi connectivity index (χ2n) is 5.45. The van der Waals surface area contributed by atoms with Crippen molar-refractivity contribution in [3.8, 4) is 0 Å². The van der Waals surface area contributed by atoms with Crippen LogP contribution in [0.2, 0.25) is 0 Å². The second kappa shape index (κ2) is 16.8. The number of ether oxygens (including phenoxy) is 1. The highest BCUT2D eigenvalue weighted by Crippen LogP contribution is 2.07. The molecular formula is C15H33ClO2. The molecule has 0 saturated heterocycles. The summed E-state index contributed by atoms with van der Waals surface area (Å²) in [5, 5.41) is 0. The van der Waals surface area contributed by atoms with E-state index in [1.54, 1.807) is 0 Å². The molecule has 0 radical (unpaired) electrons. The Labute approximate surface area is 120 Å². The molecule has 0 aliphatic heterocycles. The molecule has 0 aromatic heterocycles. The molecule has 18 heavy (non-hydrogen) atoms. The van der Waals surface area contributed by atoms with E-state index < -0.39 is 0 Å². The summed E-state index contributed by atoms with van der Waals surface area (Å²) in [6, 6.07) is 0. The Morgan fingerprint density at radius 2 is 1.17 bits per heavy atom. The van der Waals surface area contributed by atoms with E-state index in [0.29, 0.717) is 6.47 Å². The van der Waals surface area contributed by atoms with E-state index in [-0.39, 0.29) is 18.0 Å². The van der Waals surface area contributed by atoms with Crippen molar-refractivity contribution in [2.75, 3.05) is 0 Å². The van der Waals surface area contributed by atoms with Crippen LogP contribution in [-0.4, -0.2) is 12.1 Å². The van der Waals surface area contributed by atoms with Gasteiger partial charge in [-0.25, -0.2) is 0 Å². The number of hydrogen-bond acceptors (Lipinski definition) is 2. The summed E-state index contributed by atoms with van der Waals surface area (Å²) in [6.07, 6.45) is 11.5. The normalized spacial score (nSPS) is 9.83. The van der Waals surface area contributed by atoms with Crippen molar-refractivity contribution in [2.24, 2.45) is 0 Å². The van der Waals surface area contributed by atoms with E-state index in [9.17, 15) is 4.79 Å². The van der Waals surface area contributed by atoms with Crippen LogP contribution in [0.4, 0.5) is 0 Å². The fourth-order valence-electron chi connectivity index (χ4n) is 1.35. The van der Waals surface area contributed by atoms with Gasteiger partial charge in [0.2, 0.25) is 0 Å². The molecule has 2 nitrogen and oxygen atoms in total. The maximum absolute atomic E-state index is 9.60. The Morgan fingerprint density at radius 3 is 1.33 bits per heavy atom. The average molecular weight is 281 g/mol. The van der Waals surface area contributed by atoms with Gasteiger partial charge in [-0.1, -0.05) is 65.2 Å². The zero-order valence-electron chi connectivity index (χ0n) is 13.0. The average Bonchev–Trinajstić information content (AvgIpc) is 2.22. The molecule has 0 atom stereocenters. The van der Waals surface area contributed by atoms with E-state index in [1.165, 1.54) is 51.4 Å². The summed E-state index contributed by atoms with van der Waals surface area (Å²) in [5.41, 5.74) is -0.318. The quantitative estimate of drug-likeness (QED) is 0.432. The Kier molecular flexibility index (Phi) is 21.3. The topological polar surface area (TPSA) is 26.3 Å². The van der Waals surface area contributed by atoms with Crippen molar-refractivity contribution in [2.45, 2.75) is 91.6 Å². The molecule has 0 heterocycles. The highest BCUT2D eigenvalue weighted by Gasteiger charge is 2.07. The number of carbonyl (C=O) groups is 1. The fourth-order valence-corrected chi connectivity index (χ4v) is 1.35. The molecule has 0 rings (SSSR count).